The van der Waals surface area contributed by atoms with Crippen molar-refractivity contribution in [1.29, 1.82) is 0 Å². The maximum atomic E-state index is 12.1. The van der Waals surface area contributed by atoms with E-state index in [1.807, 2.05) is 30.3 Å². The molecule has 1 aliphatic heterocycles. The van der Waals surface area contributed by atoms with Gasteiger partial charge in [-0.05, 0) is 36.8 Å². The molecule has 3 rings (SSSR count). The van der Waals surface area contributed by atoms with Crippen molar-refractivity contribution in [1.82, 2.24) is 0 Å². The van der Waals surface area contributed by atoms with Crippen molar-refractivity contribution in [3.05, 3.63) is 60.2 Å². The molecule has 0 saturated carbocycles. The molecule has 1 heterocycles. The Bertz CT molecular complexity index is 636. The molecule has 0 N–H and O–H groups in total. The van der Waals surface area contributed by atoms with Crippen LogP contribution < -0.4 is 9.64 Å². The lowest BCUT2D eigenvalue weighted by Gasteiger charge is -2.18. The smallest absolute Gasteiger partial charge is 0.135 e. The van der Waals surface area contributed by atoms with E-state index in [4.69, 9.17) is 4.74 Å². The maximum Gasteiger partial charge on any atom is 0.135 e. The molecular weight excluding hydrogens is 274 g/mol. The van der Waals surface area contributed by atoms with Gasteiger partial charge in [0, 0.05) is 30.6 Å². The minimum atomic E-state index is 0.0496. The normalized spacial score (nSPS) is 20.9. The first kappa shape index (κ1) is 14.6. The van der Waals surface area contributed by atoms with Crippen molar-refractivity contribution in [3.63, 3.8) is 0 Å². The highest BCUT2D eigenvalue weighted by molar-refractivity contribution is 5.81. The monoisotopic (exact) mass is 295 g/mol. The second-order valence-corrected chi connectivity index (χ2v) is 5.84. The van der Waals surface area contributed by atoms with Gasteiger partial charge < -0.3 is 9.64 Å². The van der Waals surface area contributed by atoms with Crippen LogP contribution in [-0.4, -0.2) is 26.0 Å². The first-order valence-electron chi connectivity index (χ1n) is 7.63. The number of hydrogen-bond acceptors (Lipinski definition) is 3. The Morgan fingerprint density at radius 2 is 1.73 bits per heavy atom. The van der Waals surface area contributed by atoms with Crippen LogP contribution in [0.25, 0.3) is 0 Å². The molecule has 0 aliphatic carbocycles. The van der Waals surface area contributed by atoms with Gasteiger partial charge in [0.05, 0.1) is 7.11 Å². The van der Waals surface area contributed by atoms with Crippen molar-refractivity contribution in [2.45, 2.75) is 12.8 Å². The van der Waals surface area contributed by atoms with Gasteiger partial charge in [-0.3, -0.25) is 4.79 Å². The summed E-state index contributed by atoms with van der Waals surface area (Å²) >= 11 is 0. The van der Waals surface area contributed by atoms with E-state index in [9.17, 15) is 4.79 Å². The Labute approximate surface area is 131 Å². The summed E-state index contributed by atoms with van der Waals surface area (Å²) in [6.07, 6.45) is 0. The fourth-order valence-electron chi connectivity index (χ4n) is 3.25. The Balaban J connectivity index is 1.86. The van der Waals surface area contributed by atoms with Gasteiger partial charge in [0.2, 0.25) is 0 Å². The van der Waals surface area contributed by atoms with Crippen LogP contribution >= 0.6 is 0 Å². The van der Waals surface area contributed by atoms with Crippen LogP contribution in [0.4, 0.5) is 5.69 Å². The molecule has 3 heteroatoms. The standard InChI is InChI=1S/C19H21NO2/c1-14(21)18-12-20(16-6-4-3-5-7-16)13-19(18)15-8-10-17(22-2)11-9-15/h3-11,18-19H,12-13H2,1-2H3/t18-,19+/m0/s1. The molecule has 0 aromatic heterocycles. The molecule has 2 aromatic carbocycles. The number of para-hydroxylation sites is 1. The molecule has 22 heavy (non-hydrogen) atoms. The maximum absolute atomic E-state index is 12.1. The Morgan fingerprint density at radius 1 is 1.05 bits per heavy atom. The average molecular weight is 295 g/mol. The Hall–Kier alpha value is -2.29. The lowest BCUT2D eigenvalue weighted by Crippen LogP contribution is -2.21. The van der Waals surface area contributed by atoms with Crippen LogP contribution in [0.3, 0.4) is 0 Å². The molecule has 0 radical (unpaired) electrons. The summed E-state index contributed by atoms with van der Waals surface area (Å²) in [6.45, 7) is 3.37. The molecule has 0 amide bonds. The summed E-state index contributed by atoms with van der Waals surface area (Å²) in [5.41, 5.74) is 2.39. The molecular formula is C19H21NO2. The molecule has 0 spiro atoms. The summed E-state index contributed by atoms with van der Waals surface area (Å²) < 4.78 is 5.22. The average Bonchev–Trinajstić information content (AvgIpc) is 3.01. The van der Waals surface area contributed by atoms with Crippen molar-refractivity contribution in [3.8, 4) is 5.75 Å². The van der Waals surface area contributed by atoms with Gasteiger partial charge in [-0.2, -0.15) is 0 Å². The zero-order valence-electron chi connectivity index (χ0n) is 13.0. The molecule has 0 unspecified atom stereocenters. The Kier molecular flexibility index (Phi) is 4.14. The molecule has 1 fully saturated rings. The number of rotatable bonds is 4. The minimum Gasteiger partial charge on any atom is -0.497 e. The molecule has 114 valence electrons. The van der Waals surface area contributed by atoms with Crippen LogP contribution in [0.15, 0.2) is 54.6 Å². The number of anilines is 1. The molecule has 2 aromatic rings. The number of Topliss-reactive ketones (excluding diaryl/α,β-unsaturated/α-hetero) is 1. The van der Waals surface area contributed by atoms with Gasteiger partial charge >= 0.3 is 0 Å². The van der Waals surface area contributed by atoms with E-state index >= 15 is 0 Å². The minimum absolute atomic E-state index is 0.0496. The number of hydrogen-bond donors (Lipinski definition) is 0. The lowest BCUT2D eigenvalue weighted by atomic mass is 9.86. The number of carbonyl (C=O) groups excluding carboxylic acids is 1. The van der Waals surface area contributed by atoms with Gasteiger partial charge in [0.1, 0.15) is 11.5 Å². The van der Waals surface area contributed by atoms with Crippen molar-refractivity contribution >= 4 is 11.5 Å². The SMILES string of the molecule is COc1ccc([C@H]2CN(c3ccccc3)C[C@H]2C(C)=O)cc1. The van der Waals surface area contributed by atoms with E-state index in [2.05, 4.69) is 29.2 Å². The summed E-state index contributed by atoms with van der Waals surface area (Å²) in [4.78, 5) is 14.4. The van der Waals surface area contributed by atoms with Gasteiger partial charge in [-0.25, -0.2) is 0 Å². The summed E-state index contributed by atoms with van der Waals surface area (Å²) in [6, 6.07) is 18.4. The van der Waals surface area contributed by atoms with Crippen LogP contribution in [0.1, 0.15) is 18.4 Å². The number of methoxy groups -OCH3 is 1. The molecule has 1 saturated heterocycles. The Morgan fingerprint density at radius 3 is 2.32 bits per heavy atom. The number of carbonyl (C=O) groups is 1. The highest BCUT2D eigenvalue weighted by Gasteiger charge is 2.36. The van der Waals surface area contributed by atoms with Gasteiger partial charge in [-0.15, -0.1) is 0 Å². The second kappa shape index (κ2) is 6.22. The van der Waals surface area contributed by atoms with E-state index in [0.717, 1.165) is 18.8 Å². The van der Waals surface area contributed by atoms with Crippen molar-refractivity contribution in [2.75, 3.05) is 25.1 Å². The number of ketones is 1. The number of nitrogens with zero attached hydrogens (tertiary/aromatic N) is 1. The van der Waals surface area contributed by atoms with E-state index in [1.165, 1.54) is 11.3 Å². The molecule has 1 aliphatic rings. The highest BCUT2D eigenvalue weighted by Crippen LogP contribution is 2.36. The third kappa shape index (κ3) is 2.84. The first-order chi connectivity index (χ1) is 10.7. The van der Waals surface area contributed by atoms with Gasteiger partial charge in [0.15, 0.2) is 0 Å². The molecule has 0 bridgehead atoms. The zero-order chi connectivity index (χ0) is 15.5. The molecule has 3 nitrogen and oxygen atoms in total. The second-order valence-electron chi connectivity index (χ2n) is 5.84. The quantitative estimate of drug-likeness (QED) is 0.864. The fraction of sp³-hybridized carbons (Fsp3) is 0.316. The third-order valence-corrected chi connectivity index (χ3v) is 4.51. The lowest BCUT2D eigenvalue weighted by molar-refractivity contribution is -0.120. The predicted octanol–water partition coefficient (Wildman–Crippen LogP) is 3.50. The fourth-order valence-corrected chi connectivity index (χ4v) is 3.25. The predicted molar refractivity (Wildman–Crippen MR) is 88.6 cm³/mol. The van der Waals surface area contributed by atoms with E-state index in [0.29, 0.717) is 0 Å². The van der Waals surface area contributed by atoms with Gasteiger partial charge in [-0.1, -0.05) is 30.3 Å². The largest absolute Gasteiger partial charge is 0.497 e. The van der Waals surface area contributed by atoms with Gasteiger partial charge in [0.25, 0.3) is 0 Å². The molecule has 2 atom stereocenters. The summed E-state index contributed by atoms with van der Waals surface area (Å²) in [5, 5.41) is 0. The van der Waals surface area contributed by atoms with E-state index in [1.54, 1.807) is 14.0 Å². The van der Waals surface area contributed by atoms with Crippen molar-refractivity contribution < 1.29 is 9.53 Å². The number of benzene rings is 2. The van der Waals surface area contributed by atoms with Crippen LogP contribution in [0.5, 0.6) is 5.75 Å². The third-order valence-electron chi connectivity index (χ3n) is 4.51. The summed E-state index contributed by atoms with van der Waals surface area (Å²) in [5.74, 6) is 1.40. The van der Waals surface area contributed by atoms with E-state index < -0.39 is 0 Å². The highest BCUT2D eigenvalue weighted by atomic mass is 16.5. The van der Waals surface area contributed by atoms with Crippen LogP contribution in [0.2, 0.25) is 0 Å². The van der Waals surface area contributed by atoms with Crippen LogP contribution in [0, 0.1) is 5.92 Å². The van der Waals surface area contributed by atoms with Crippen LogP contribution in [-0.2, 0) is 4.79 Å². The first-order valence-corrected chi connectivity index (χ1v) is 7.63. The van der Waals surface area contributed by atoms with Crippen molar-refractivity contribution in [2.24, 2.45) is 5.92 Å². The van der Waals surface area contributed by atoms with E-state index in [-0.39, 0.29) is 17.6 Å². The zero-order valence-corrected chi connectivity index (χ0v) is 13.0. The summed E-state index contributed by atoms with van der Waals surface area (Å²) in [7, 11) is 1.67. The number of ether oxygens (including phenoxy) is 1. The topological polar surface area (TPSA) is 29.5 Å².